The van der Waals surface area contributed by atoms with Crippen molar-refractivity contribution in [2.45, 2.75) is 111 Å². The van der Waals surface area contributed by atoms with Crippen LogP contribution < -0.4 is 4.74 Å². The zero-order chi connectivity index (χ0) is 27.7. The molecule has 4 heteroatoms. The molecule has 2 aromatic carbocycles. The molecule has 0 aliphatic carbocycles. The number of unbranched alkanes of at least 4 members (excludes halogenated alkanes) is 8. The first-order valence-electron chi connectivity index (χ1n) is 15.3. The SMILES string of the molecule is CCCCCCCCCc1ccc(-c2ncc(-c3ccc(OC(=O)CCCCCC(C)CC)cc3)cn2)cc1. The van der Waals surface area contributed by atoms with Gasteiger partial charge in [0, 0.05) is 29.9 Å². The maximum Gasteiger partial charge on any atom is 0.311 e. The van der Waals surface area contributed by atoms with Gasteiger partial charge in [-0.1, -0.05) is 121 Å². The van der Waals surface area contributed by atoms with Crippen LogP contribution >= 0.6 is 0 Å². The Kier molecular flexibility index (Phi) is 13.7. The molecule has 0 saturated carbocycles. The van der Waals surface area contributed by atoms with Crippen LogP contribution in [-0.2, 0) is 11.2 Å². The minimum Gasteiger partial charge on any atom is -0.427 e. The fourth-order valence-electron chi connectivity index (χ4n) is 4.77. The third kappa shape index (κ3) is 11.3. The van der Waals surface area contributed by atoms with Crippen LogP contribution in [0, 0.1) is 5.92 Å². The molecule has 3 aromatic rings. The van der Waals surface area contributed by atoms with E-state index in [1.165, 1.54) is 69.8 Å². The Bertz CT molecular complexity index is 1080. The number of benzene rings is 2. The first kappa shape index (κ1) is 30.5. The summed E-state index contributed by atoms with van der Waals surface area (Å²) in [5, 5.41) is 0. The van der Waals surface area contributed by atoms with Gasteiger partial charge in [-0.05, 0) is 48.4 Å². The molecule has 0 spiro atoms. The first-order valence-corrected chi connectivity index (χ1v) is 15.3. The molecule has 0 saturated heterocycles. The summed E-state index contributed by atoms with van der Waals surface area (Å²) in [6, 6.07) is 16.2. The Morgan fingerprint density at radius 2 is 1.33 bits per heavy atom. The largest absolute Gasteiger partial charge is 0.427 e. The zero-order valence-corrected chi connectivity index (χ0v) is 24.5. The number of aryl methyl sites for hydroxylation is 1. The highest BCUT2D eigenvalue weighted by atomic mass is 16.5. The van der Waals surface area contributed by atoms with Crippen molar-refractivity contribution in [2.24, 2.45) is 5.92 Å². The third-order valence-electron chi connectivity index (χ3n) is 7.63. The van der Waals surface area contributed by atoms with Gasteiger partial charge in [-0.25, -0.2) is 9.97 Å². The Morgan fingerprint density at radius 3 is 2.00 bits per heavy atom. The number of rotatable bonds is 18. The van der Waals surface area contributed by atoms with E-state index in [1.807, 2.05) is 36.7 Å². The van der Waals surface area contributed by atoms with Crippen molar-refractivity contribution in [3.63, 3.8) is 0 Å². The molecule has 39 heavy (non-hydrogen) atoms. The van der Waals surface area contributed by atoms with Gasteiger partial charge in [-0.2, -0.15) is 0 Å². The standard InChI is InChI=1S/C35H48N2O2/c1-4-6-7-8-9-10-13-16-29-18-20-31(21-19-29)35-36-26-32(27-37-35)30-22-24-33(25-23-30)39-34(38)17-14-11-12-15-28(3)5-2/h18-28H,4-17H2,1-3H3. The second-order valence-corrected chi connectivity index (χ2v) is 11.0. The van der Waals surface area contributed by atoms with Crippen LogP contribution in [0.25, 0.3) is 22.5 Å². The summed E-state index contributed by atoms with van der Waals surface area (Å²) in [6.45, 7) is 6.78. The zero-order valence-electron chi connectivity index (χ0n) is 24.5. The van der Waals surface area contributed by atoms with Crippen molar-refractivity contribution in [1.29, 1.82) is 0 Å². The highest BCUT2D eigenvalue weighted by Crippen LogP contribution is 2.24. The van der Waals surface area contributed by atoms with Crippen LogP contribution in [0.4, 0.5) is 0 Å². The summed E-state index contributed by atoms with van der Waals surface area (Å²) in [5.41, 5.74) is 4.35. The quantitative estimate of drug-likeness (QED) is 0.0936. The molecule has 0 aliphatic heterocycles. The maximum absolute atomic E-state index is 12.2. The van der Waals surface area contributed by atoms with Crippen molar-refractivity contribution >= 4 is 5.97 Å². The number of esters is 1. The van der Waals surface area contributed by atoms with Crippen LogP contribution in [0.2, 0.25) is 0 Å². The number of carbonyl (C=O) groups is 1. The smallest absolute Gasteiger partial charge is 0.311 e. The Balaban J connectivity index is 1.42. The topological polar surface area (TPSA) is 52.1 Å². The molecule has 0 amide bonds. The number of ether oxygens (including phenoxy) is 1. The van der Waals surface area contributed by atoms with Crippen LogP contribution in [-0.4, -0.2) is 15.9 Å². The fourth-order valence-corrected chi connectivity index (χ4v) is 4.77. The Hall–Kier alpha value is -3.01. The molecule has 0 N–H and O–H groups in total. The summed E-state index contributed by atoms with van der Waals surface area (Å²) in [6.07, 6.45) is 20.3. The lowest BCUT2D eigenvalue weighted by Gasteiger charge is -2.08. The summed E-state index contributed by atoms with van der Waals surface area (Å²) in [4.78, 5) is 21.4. The minimum atomic E-state index is -0.160. The van der Waals surface area contributed by atoms with Gasteiger partial charge in [0.2, 0.25) is 0 Å². The van der Waals surface area contributed by atoms with E-state index in [-0.39, 0.29) is 5.97 Å². The number of hydrogen-bond donors (Lipinski definition) is 0. The summed E-state index contributed by atoms with van der Waals surface area (Å²) < 4.78 is 5.52. The molecule has 1 aromatic heterocycles. The first-order chi connectivity index (χ1) is 19.1. The average molecular weight is 529 g/mol. The van der Waals surface area contributed by atoms with Gasteiger partial charge in [-0.3, -0.25) is 4.79 Å². The van der Waals surface area contributed by atoms with Gasteiger partial charge >= 0.3 is 5.97 Å². The molecule has 0 fully saturated rings. The van der Waals surface area contributed by atoms with Gasteiger partial charge < -0.3 is 4.74 Å². The molecule has 4 nitrogen and oxygen atoms in total. The van der Waals surface area contributed by atoms with Crippen molar-refractivity contribution < 1.29 is 9.53 Å². The number of nitrogens with zero attached hydrogens (tertiary/aromatic N) is 2. The molecule has 0 bridgehead atoms. The van der Waals surface area contributed by atoms with E-state index in [4.69, 9.17) is 4.74 Å². The average Bonchev–Trinajstić information content (AvgIpc) is 2.97. The van der Waals surface area contributed by atoms with Crippen LogP contribution in [0.15, 0.2) is 60.9 Å². The monoisotopic (exact) mass is 528 g/mol. The minimum absolute atomic E-state index is 0.160. The van der Waals surface area contributed by atoms with Gasteiger partial charge in [-0.15, -0.1) is 0 Å². The van der Waals surface area contributed by atoms with Crippen molar-refractivity contribution in [2.75, 3.05) is 0 Å². The van der Waals surface area contributed by atoms with Gasteiger partial charge in [0.15, 0.2) is 5.82 Å². The molecule has 1 heterocycles. The highest BCUT2D eigenvalue weighted by Gasteiger charge is 2.08. The van der Waals surface area contributed by atoms with Gasteiger partial charge in [0.25, 0.3) is 0 Å². The maximum atomic E-state index is 12.2. The molecular formula is C35H48N2O2. The van der Waals surface area contributed by atoms with Gasteiger partial charge in [0.1, 0.15) is 5.75 Å². The lowest BCUT2D eigenvalue weighted by Crippen LogP contribution is -2.07. The third-order valence-corrected chi connectivity index (χ3v) is 7.63. The lowest BCUT2D eigenvalue weighted by molar-refractivity contribution is -0.134. The van der Waals surface area contributed by atoms with E-state index in [0.717, 1.165) is 47.7 Å². The molecule has 3 rings (SSSR count). The van der Waals surface area contributed by atoms with E-state index in [0.29, 0.717) is 12.2 Å². The van der Waals surface area contributed by atoms with E-state index >= 15 is 0 Å². The van der Waals surface area contributed by atoms with Crippen molar-refractivity contribution in [1.82, 2.24) is 9.97 Å². The van der Waals surface area contributed by atoms with E-state index < -0.39 is 0 Å². The second kappa shape index (κ2) is 17.6. The predicted molar refractivity (Wildman–Crippen MR) is 163 cm³/mol. The molecule has 0 radical (unpaired) electrons. The van der Waals surface area contributed by atoms with E-state index in [1.54, 1.807) is 0 Å². The van der Waals surface area contributed by atoms with Crippen molar-refractivity contribution in [3.8, 4) is 28.3 Å². The molecular weight excluding hydrogens is 480 g/mol. The summed E-state index contributed by atoms with van der Waals surface area (Å²) >= 11 is 0. The van der Waals surface area contributed by atoms with E-state index in [9.17, 15) is 4.79 Å². The molecule has 1 atom stereocenters. The van der Waals surface area contributed by atoms with Crippen LogP contribution in [0.3, 0.4) is 0 Å². The molecule has 210 valence electrons. The number of carbonyl (C=O) groups excluding carboxylic acids is 1. The summed E-state index contributed by atoms with van der Waals surface area (Å²) in [7, 11) is 0. The van der Waals surface area contributed by atoms with Gasteiger partial charge in [0.05, 0.1) is 0 Å². The fraction of sp³-hybridized carbons (Fsp3) is 0.514. The normalized spacial score (nSPS) is 11.9. The lowest BCUT2D eigenvalue weighted by atomic mass is 10.0. The highest BCUT2D eigenvalue weighted by molar-refractivity contribution is 5.73. The van der Waals surface area contributed by atoms with Crippen molar-refractivity contribution in [3.05, 3.63) is 66.5 Å². The van der Waals surface area contributed by atoms with Crippen LogP contribution in [0.1, 0.15) is 110 Å². The molecule has 0 aliphatic rings. The second-order valence-electron chi connectivity index (χ2n) is 11.0. The Morgan fingerprint density at radius 1 is 0.718 bits per heavy atom. The number of hydrogen-bond acceptors (Lipinski definition) is 4. The Labute approximate surface area is 236 Å². The molecule has 1 unspecified atom stereocenters. The predicted octanol–water partition coefficient (Wildman–Crippen LogP) is 10.0. The summed E-state index contributed by atoms with van der Waals surface area (Å²) in [5.74, 6) is 1.92. The number of aromatic nitrogens is 2. The van der Waals surface area contributed by atoms with E-state index in [2.05, 4.69) is 55.0 Å². The van der Waals surface area contributed by atoms with Crippen LogP contribution in [0.5, 0.6) is 5.75 Å².